The van der Waals surface area contributed by atoms with E-state index >= 15 is 0 Å². The van der Waals surface area contributed by atoms with Crippen molar-refractivity contribution in [1.82, 2.24) is 5.32 Å². The summed E-state index contributed by atoms with van der Waals surface area (Å²) in [6.45, 7) is 3.72. The Morgan fingerprint density at radius 3 is 2.40 bits per heavy atom. The van der Waals surface area contributed by atoms with Gasteiger partial charge in [-0.15, -0.1) is 0 Å². The molecule has 0 spiro atoms. The van der Waals surface area contributed by atoms with Gasteiger partial charge >= 0.3 is 0 Å². The molecule has 0 heterocycles. The average molecular weight is 209 g/mol. The Morgan fingerprint density at radius 1 is 0.933 bits per heavy atom. The van der Waals surface area contributed by atoms with Crippen molar-refractivity contribution < 1.29 is 0 Å². The third-order valence-electron chi connectivity index (χ3n) is 4.59. The second-order valence-corrected chi connectivity index (χ2v) is 5.75. The normalized spacial score (nSPS) is 33.4. The number of hydrogen-bond donors (Lipinski definition) is 1. The van der Waals surface area contributed by atoms with E-state index in [9.17, 15) is 0 Å². The second kappa shape index (κ2) is 5.89. The van der Waals surface area contributed by atoms with Gasteiger partial charge in [0.15, 0.2) is 0 Å². The van der Waals surface area contributed by atoms with Crippen LogP contribution in [0.5, 0.6) is 0 Å². The Labute approximate surface area is 95.0 Å². The highest BCUT2D eigenvalue weighted by Gasteiger charge is 2.23. The van der Waals surface area contributed by atoms with E-state index in [1.807, 2.05) is 0 Å². The van der Waals surface area contributed by atoms with E-state index in [0.717, 1.165) is 17.9 Å². The topological polar surface area (TPSA) is 12.0 Å². The van der Waals surface area contributed by atoms with Gasteiger partial charge < -0.3 is 5.32 Å². The lowest BCUT2D eigenvalue weighted by molar-refractivity contribution is 0.335. The van der Waals surface area contributed by atoms with Gasteiger partial charge in [0.2, 0.25) is 0 Å². The lowest BCUT2D eigenvalue weighted by atomic mass is 9.93. The zero-order valence-electron chi connectivity index (χ0n) is 10.3. The molecule has 0 unspecified atom stereocenters. The smallest absolute Gasteiger partial charge is 0.00670 e. The molecular formula is C14H27N. The van der Waals surface area contributed by atoms with Crippen molar-refractivity contribution in [2.45, 2.75) is 70.8 Å². The van der Waals surface area contributed by atoms with Crippen molar-refractivity contribution in [1.29, 1.82) is 0 Å². The Bertz CT molecular complexity index is 172. The summed E-state index contributed by atoms with van der Waals surface area (Å²) < 4.78 is 0. The van der Waals surface area contributed by atoms with E-state index in [-0.39, 0.29) is 0 Å². The van der Waals surface area contributed by atoms with Crippen LogP contribution in [0.1, 0.15) is 64.7 Å². The Morgan fingerprint density at radius 2 is 1.73 bits per heavy atom. The maximum Gasteiger partial charge on any atom is 0.00670 e. The molecule has 1 heteroatoms. The first-order valence-corrected chi connectivity index (χ1v) is 7.09. The van der Waals surface area contributed by atoms with Crippen LogP contribution in [0.3, 0.4) is 0 Å². The van der Waals surface area contributed by atoms with Crippen LogP contribution in [0.25, 0.3) is 0 Å². The summed E-state index contributed by atoms with van der Waals surface area (Å²) in [6, 6.07) is 0.857. The molecule has 1 N–H and O–H groups in total. The standard InChI is InChI=1S/C14H27N/c1-12-6-5-7-13(12)10-11-15-14-8-3-2-4-9-14/h12-15H,2-11H2,1H3/t12-,13+/m1/s1. The summed E-state index contributed by atoms with van der Waals surface area (Å²) in [7, 11) is 0. The van der Waals surface area contributed by atoms with Gasteiger partial charge in [0.05, 0.1) is 0 Å². The van der Waals surface area contributed by atoms with E-state index < -0.39 is 0 Å². The zero-order valence-corrected chi connectivity index (χ0v) is 10.3. The molecule has 2 rings (SSSR count). The fraction of sp³-hybridized carbons (Fsp3) is 1.00. The molecule has 88 valence electrons. The van der Waals surface area contributed by atoms with E-state index in [0.29, 0.717) is 0 Å². The summed E-state index contributed by atoms with van der Waals surface area (Å²) in [5.74, 6) is 2.03. The average Bonchev–Trinajstić information content (AvgIpc) is 2.66. The Kier molecular flexibility index (Phi) is 4.49. The van der Waals surface area contributed by atoms with Crippen LogP contribution < -0.4 is 5.32 Å². The van der Waals surface area contributed by atoms with Crippen molar-refractivity contribution in [2.75, 3.05) is 6.54 Å². The number of hydrogen-bond acceptors (Lipinski definition) is 1. The van der Waals surface area contributed by atoms with Crippen molar-refractivity contribution in [3.63, 3.8) is 0 Å². The van der Waals surface area contributed by atoms with Crippen LogP contribution in [0.4, 0.5) is 0 Å². The van der Waals surface area contributed by atoms with E-state index in [1.165, 1.54) is 64.3 Å². The van der Waals surface area contributed by atoms with Crippen LogP contribution in [-0.4, -0.2) is 12.6 Å². The van der Waals surface area contributed by atoms with Gasteiger partial charge in [-0.25, -0.2) is 0 Å². The third kappa shape index (κ3) is 3.48. The first kappa shape index (κ1) is 11.4. The minimum atomic E-state index is 0.857. The SMILES string of the molecule is C[C@@H]1CCC[C@H]1CCNC1CCCCC1. The molecule has 0 bridgehead atoms. The quantitative estimate of drug-likeness (QED) is 0.744. The first-order valence-electron chi connectivity index (χ1n) is 7.09. The molecular weight excluding hydrogens is 182 g/mol. The van der Waals surface area contributed by atoms with E-state index in [2.05, 4.69) is 12.2 Å². The van der Waals surface area contributed by atoms with Crippen LogP contribution in [0.2, 0.25) is 0 Å². The molecule has 0 aliphatic heterocycles. The minimum absolute atomic E-state index is 0.857. The molecule has 0 saturated heterocycles. The fourth-order valence-electron chi connectivity index (χ4n) is 3.43. The third-order valence-corrected chi connectivity index (χ3v) is 4.59. The van der Waals surface area contributed by atoms with Crippen LogP contribution in [-0.2, 0) is 0 Å². The molecule has 0 aromatic carbocycles. The second-order valence-electron chi connectivity index (χ2n) is 5.75. The zero-order chi connectivity index (χ0) is 10.5. The number of nitrogens with one attached hydrogen (secondary N) is 1. The molecule has 0 aromatic heterocycles. The highest BCUT2D eigenvalue weighted by Crippen LogP contribution is 2.33. The number of rotatable bonds is 4. The molecule has 0 amide bonds. The lowest BCUT2D eigenvalue weighted by Gasteiger charge is -2.24. The van der Waals surface area contributed by atoms with E-state index in [4.69, 9.17) is 0 Å². The van der Waals surface area contributed by atoms with Crippen molar-refractivity contribution in [3.8, 4) is 0 Å². The van der Waals surface area contributed by atoms with Gasteiger partial charge in [-0.1, -0.05) is 45.4 Å². The van der Waals surface area contributed by atoms with Crippen LogP contribution in [0.15, 0.2) is 0 Å². The maximum absolute atomic E-state index is 3.77. The van der Waals surface area contributed by atoms with Gasteiger partial charge in [0.1, 0.15) is 0 Å². The molecule has 2 fully saturated rings. The molecule has 0 aromatic rings. The lowest BCUT2D eigenvalue weighted by Crippen LogP contribution is -2.32. The van der Waals surface area contributed by atoms with Gasteiger partial charge in [-0.2, -0.15) is 0 Å². The summed E-state index contributed by atoms with van der Waals surface area (Å²) in [5.41, 5.74) is 0. The molecule has 0 radical (unpaired) electrons. The van der Waals surface area contributed by atoms with Gasteiger partial charge in [-0.3, -0.25) is 0 Å². The van der Waals surface area contributed by atoms with Gasteiger partial charge in [0, 0.05) is 6.04 Å². The summed E-state index contributed by atoms with van der Waals surface area (Å²) in [4.78, 5) is 0. The first-order chi connectivity index (χ1) is 7.36. The predicted octanol–water partition coefficient (Wildman–Crippen LogP) is 3.74. The van der Waals surface area contributed by atoms with Crippen molar-refractivity contribution in [2.24, 2.45) is 11.8 Å². The largest absolute Gasteiger partial charge is 0.314 e. The maximum atomic E-state index is 3.77. The summed E-state index contributed by atoms with van der Waals surface area (Å²) in [5, 5.41) is 3.77. The van der Waals surface area contributed by atoms with Crippen LogP contribution >= 0.6 is 0 Å². The molecule has 2 saturated carbocycles. The molecule has 2 aliphatic carbocycles. The van der Waals surface area contributed by atoms with Gasteiger partial charge in [-0.05, 0) is 37.6 Å². The molecule has 2 aliphatic rings. The summed E-state index contributed by atoms with van der Waals surface area (Å²) >= 11 is 0. The molecule has 1 nitrogen and oxygen atoms in total. The molecule has 2 atom stereocenters. The highest BCUT2D eigenvalue weighted by atomic mass is 14.9. The van der Waals surface area contributed by atoms with E-state index in [1.54, 1.807) is 0 Å². The van der Waals surface area contributed by atoms with Crippen molar-refractivity contribution in [3.05, 3.63) is 0 Å². The Hall–Kier alpha value is -0.0400. The molecule has 15 heavy (non-hydrogen) atoms. The summed E-state index contributed by atoms with van der Waals surface area (Å²) in [6.07, 6.45) is 13.1. The van der Waals surface area contributed by atoms with Crippen LogP contribution in [0, 0.1) is 11.8 Å². The van der Waals surface area contributed by atoms with Crippen molar-refractivity contribution >= 4 is 0 Å². The monoisotopic (exact) mass is 209 g/mol. The Balaban J connectivity index is 1.57. The van der Waals surface area contributed by atoms with Gasteiger partial charge in [0.25, 0.3) is 0 Å². The highest BCUT2D eigenvalue weighted by molar-refractivity contribution is 4.77. The minimum Gasteiger partial charge on any atom is -0.314 e. The fourth-order valence-corrected chi connectivity index (χ4v) is 3.43. The predicted molar refractivity (Wildman–Crippen MR) is 66.0 cm³/mol.